The zero-order valence-corrected chi connectivity index (χ0v) is 16.7. The summed E-state index contributed by atoms with van der Waals surface area (Å²) in [5, 5.41) is 24.4. The number of hydrogen-bond donors (Lipinski definition) is 3. The van der Waals surface area contributed by atoms with E-state index in [9.17, 15) is 10.2 Å². The molecule has 0 aliphatic heterocycles. The minimum absolute atomic E-state index is 0.00597. The molecule has 0 saturated carbocycles. The molecule has 4 heteroatoms. The zero-order chi connectivity index (χ0) is 19.0. The Kier molecular flexibility index (Phi) is 8.16. The van der Waals surface area contributed by atoms with Crippen molar-refractivity contribution in [1.29, 1.82) is 0 Å². The van der Waals surface area contributed by atoms with Crippen molar-refractivity contribution in [3.8, 4) is 0 Å². The third-order valence-corrected chi connectivity index (χ3v) is 5.60. The molecule has 2 aromatic rings. The summed E-state index contributed by atoms with van der Waals surface area (Å²) in [6, 6.07) is 20.0. The number of thioether (sulfide) groups is 1. The summed E-state index contributed by atoms with van der Waals surface area (Å²) in [6.07, 6.45) is -0.309. The van der Waals surface area contributed by atoms with Gasteiger partial charge in [0.05, 0.1) is 12.2 Å². The third-order valence-electron chi connectivity index (χ3n) is 4.15. The highest BCUT2D eigenvalue weighted by molar-refractivity contribution is 7.99. The maximum Gasteiger partial charge on any atom is 0.0803 e. The molecule has 3 atom stereocenters. The molecule has 0 heterocycles. The maximum atomic E-state index is 10.6. The first kappa shape index (κ1) is 21.0. The summed E-state index contributed by atoms with van der Waals surface area (Å²) in [5.41, 5.74) is 2.11. The van der Waals surface area contributed by atoms with Crippen LogP contribution in [0.5, 0.6) is 0 Å². The van der Waals surface area contributed by atoms with Gasteiger partial charge in [0.2, 0.25) is 0 Å². The first-order valence-electron chi connectivity index (χ1n) is 9.18. The summed E-state index contributed by atoms with van der Waals surface area (Å²) in [6.45, 7) is 6.85. The molecule has 0 bridgehead atoms. The minimum atomic E-state index is -0.515. The molecule has 3 unspecified atom stereocenters. The van der Waals surface area contributed by atoms with Crippen LogP contribution in [-0.4, -0.2) is 34.2 Å². The summed E-state index contributed by atoms with van der Waals surface area (Å²) in [5.74, 6) is 0.629. The number of rotatable bonds is 9. The summed E-state index contributed by atoms with van der Waals surface area (Å²) in [4.78, 5) is 0. The molecule has 3 N–H and O–H groups in total. The fourth-order valence-corrected chi connectivity index (χ4v) is 3.93. The third kappa shape index (κ3) is 7.50. The lowest BCUT2D eigenvalue weighted by molar-refractivity contribution is 0.166. The molecule has 2 rings (SSSR count). The summed E-state index contributed by atoms with van der Waals surface area (Å²) in [7, 11) is 0. The van der Waals surface area contributed by atoms with Gasteiger partial charge >= 0.3 is 0 Å². The Morgan fingerprint density at radius 2 is 1.42 bits per heavy atom. The van der Waals surface area contributed by atoms with Crippen LogP contribution >= 0.6 is 11.8 Å². The highest BCUT2D eigenvalue weighted by Gasteiger charge is 2.20. The second-order valence-electron chi connectivity index (χ2n) is 7.68. The molecule has 2 aromatic carbocycles. The number of nitrogens with one attached hydrogen (secondary N) is 1. The van der Waals surface area contributed by atoms with Gasteiger partial charge in [-0.3, -0.25) is 0 Å². The van der Waals surface area contributed by atoms with Gasteiger partial charge in [0.1, 0.15) is 0 Å². The van der Waals surface area contributed by atoms with E-state index < -0.39 is 12.2 Å². The van der Waals surface area contributed by atoms with Crippen LogP contribution in [0.15, 0.2) is 60.7 Å². The van der Waals surface area contributed by atoms with Crippen LogP contribution in [0.2, 0.25) is 0 Å². The Morgan fingerprint density at radius 3 is 1.96 bits per heavy atom. The van der Waals surface area contributed by atoms with E-state index in [-0.39, 0.29) is 10.8 Å². The van der Waals surface area contributed by atoms with Gasteiger partial charge in [-0.1, -0.05) is 60.7 Å². The van der Waals surface area contributed by atoms with Gasteiger partial charge in [-0.05, 0) is 38.3 Å². The van der Waals surface area contributed by atoms with Crippen LogP contribution in [-0.2, 0) is 0 Å². The van der Waals surface area contributed by atoms with Crippen LogP contribution in [0.1, 0.15) is 49.7 Å². The van der Waals surface area contributed by atoms with Gasteiger partial charge in [0.25, 0.3) is 0 Å². The standard InChI is InChI=1S/C22H31NO2S/c1-22(2,3)23-15-19(24)16-26-21(18-12-8-5-9-13-18)14-20(25)17-10-6-4-7-11-17/h4-13,19-21,23-25H,14-16H2,1-3H3. The lowest BCUT2D eigenvalue weighted by atomic mass is 10.0. The van der Waals surface area contributed by atoms with Crippen molar-refractivity contribution in [3.63, 3.8) is 0 Å². The molecule has 0 saturated heterocycles. The molecule has 0 aromatic heterocycles. The van der Waals surface area contributed by atoms with E-state index in [2.05, 4.69) is 38.2 Å². The summed E-state index contributed by atoms with van der Waals surface area (Å²) >= 11 is 1.71. The predicted octanol–water partition coefficient (Wildman–Crippen LogP) is 4.33. The van der Waals surface area contributed by atoms with Crippen LogP contribution in [0.4, 0.5) is 0 Å². The molecule has 26 heavy (non-hydrogen) atoms. The van der Waals surface area contributed by atoms with Gasteiger partial charge in [0.15, 0.2) is 0 Å². The normalized spacial score (nSPS) is 15.4. The Labute approximate surface area is 161 Å². The number of β-amino-alcohol motifs (C(OH)–C–C–N with tert-alkyl or cyclic N) is 1. The minimum Gasteiger partial charge on any atom is -0.391 e. The van der Waals surface area contributed by atoms with Gasteiger partial charge < -0.3 is 15.5 Å². The fraction of sp³-hybridized carbons (Fsp3) is 0.455. The number of aliphatic hydroxyl groups excluding tert-OH is 2. The predicted molar refractivity (Wildman–Crippen MR) is 111 cm³/mol. The molecule has 0 radical (unpaired) electrons. The van der Waals surface area contributed by atoms with Crippen LogP contribution < -0.4 is 5.32 Å². The highest BCUT2D eigenvalue weighted by Crippen LogP contribution is 2.37. The van der Waals surface area contributed by atoms with Crippen molar-refractivity contribution in [3.05, 3.63) is 71.8 Å². The van der Waals surface area contributed by atoms with E-state index >= 15 is 0 Å². The van der Waals surface area contributed by atoms with Crippen molar-refractivity contribution in [2.24, 2.45) is 0 Å². The molecule has 142 valence electrons. The van der Waals surface area contributed by atoms with E-state index in [1.165, 1.54) is 5.56 Å². The van der Waals surface area contributed by atoms with Crippen molar-refractivity contribution in [2.75, 3.05) is 12.3 Å². The molecule has 0 aliphatic rings. The number of benzene rings is 2. The molecule has 3 nitrogen and oxygen atoms in total. The van der Waals surface area contributed by atoms with Crippen molar-refractivity contribution < 1.29 is 10.2 Å². The monoisotopic (exact) mass is 373 g/mol. The SMILES string of the molecule is CC(C)(C)NCC(O)CSC(CC(O)c1ccccc1)c1ccccc1. The molecule has 0 spiro atoms. The first-order valence-corrected chi connectivity index (χ1v) is 10.2. The largest absolute Gasteiger partial charge is 0.391 e. The van der Waals surface area contributed by atoms with Gasteiger partial charge in [-0.25, -0.2) is 0 Å². The quantitative estimate of drug-likeness (QED) is 0.612. The number of hydrogen-bond acceptors (Lipinski definition) is 4. The fourth-order valence-electron chi connectivity index (χ4n) is 2.69. The Morgan fingerprint density at radius 1 is 0.885 bits per heavy atom. The van der Waals surface area contributed by atoms with E-state index in [1.807, 2.05) is 48.5 Å². The molecule has 0 aliphatic carbocycles. The lowest BCUT2D eigenvalue weighted by Crippen LogP contribution is -2.41. The zero-order valence-electron chi connectivity index (χ0n) is 15.9. The number of aliphatic hydroxyl groups is 2. The van der Waals surface area contributed by atoms with Crippen molar-refractivity contribution in [2.45, 2.75) is 50.2 Å². The topological polar surface area (TPSA) is 52.5 Å². The van der Waals surface area contributed by atoms with Crippen LogP contribution in [0.3, 0.4) is 0 Å². The van der Waals surface area contributed by atoms with Crippen molar-refractivity contribution in [1.82, 2.24) is 5.32 Å². The van der Waals surface area contributed by atoms with Crippen molar-refractivity contribution >= 4 is 11.8 Å². The Balaban J connectivity index is 1.98. The second kappa shape index (κ2) is 10.1. The Hall–Kier alpha value is -1.33. The van der Waals surface area contributed by atoms with E-state index in [0.717, 1.165) is 5.56 Å². The molecular formula is C22H31NO2S. The van der Waals surface area contributed by atoms with E-state index in [4.69, 9.17) is 0 Å². The second-order valence-corrected chi connectivity index (χ2v) is 8.92. The molecule has 0 amide bonds. The van der Waals surface area contributed by atoms with Crippen LogP contribution in [0.25, 0.3) is 0 Å². The smallest absolute Gasteiger partial charge is 0.0803 e. The Bertz CT molecular complexity index is 628. The van der Waals surface area contributed by atoms with Gasteiger partial charge in [-0.15, -0.1) is 0 Å². The van der Waals surface area contributed by atoms with Crippen LogP contribution in [0, 0.1) is 0 Å². The first-order chi connectivity index (χ1) is 12.3. The highest BCUT2D eigenvalue weighted by atomic mass is 32.2. The summed E-state index contributed by atoms with van der Waals surface area (Å²) < 4.78 is 0. The maximum absolute atomic E-state index is 10.6. The molecular weight excluding hydrogens is 342 g/mol. The van der Waals surface area contributed by atoms with Gasteiger partial charge in [0, 0.05) is 23.1 Å². The molecule has 0 fully saturated rings. The lowest BCUT2D eigenvalue weighted by Gasteiger charge is -2.25. The van der Waals surface area contributed by atoms with Gasteiger partial charge in [-0.2, -0.15) is 11.8 Å². The van der Waals surface area contributed by atoms with E-state index in [0.29, 0.717) is 18.7 Å². The average molecular weight is 374 g/mol. The average Bonchev–Trinajstić information content (AvgIpc) is 2.64. The van der Waals surface area contributed by atoms with E-state index in [1.54, 1.807) is 11.8 Å².